The van der Waals surface area contributed by atoms with Crippen LogP contribution in [0.15, 0.2) is 29.2 Å². The van der Waals surface area contributed by atoms with Crippen LogP contribution in [0.3, 0.4) is 0 Å². The predicted octanol–water partition coefficient (Wildman–Crippen LogP) is 4.62. The number of hydrogen-bond donors (Lipinski definition) is 1. The Labute approximate surface area is 159 Å². The van der Waals surface area contributed by atoms with Crippen molar-refractivity contribution in [3.8, 4) is 0 Å². The normalized spacial score (nSPS) is 14.5. The SMILES string of the molecule is CC.CC.Cc1ccc(SN(CCS)CCN2CCOCC2)cc1. The van der Waals surface area contributed by atoms with Gasteiger partial charge < -0.3 is 4.74 Å². The summed E-state index contributed by atoms with van der Waals surface area (Å²) in [6.07, 6.45) is 0. The largest absolute Gasteiger partial charge is 0.379 e. The van der Waals surface area contributed by atoms with Gasteiger partial charge in [0.05, 0.1) is 13.2 Å². The van der Waals surface area contributed by atoms with E-state index in [9.17, 15) is 0 Å². The monoisotopic (exact) mass is 372 g/mol. The van der Waals surface area contributed by atoms with E-state index in [0.29, 0.717) is 0 Å². The van der Waals surface area contributed by atoms with Gasteiger partial charge in [-0.25, -0.2) is 4.31 Å². The molecule has 0 amide bonds. The van der Waals surface area contributed by atoms with Crippen molar-refractivity contribution in [3.63, 3.8) is 0 Å². The molecule has 0 aliphatic carbocycles. The van der Waals surface area contributed by atoms with Gasteiger partial charge in [-0.05, 0) is 31.0 Å². The summed E-state index contributed by atoms with van der Waals surface area (Å²) in [5.41, 5.74) is 1.31. The molecule has 1 aromatic rings. The van der Waals surface area contributed by atoms with E-state index < -0.39 is 0 Å². The van der Waals surface area contributed by atoms with E-state index in [4.69, 9.17) is 4.74 Å². The van der Waals surface area contributed by atoms with E-state index in [1.54, 1.807) is 0 Å². The van der Waals surface area contributed by atoms with Crippen molar-refractivity contribution in [1.29, 1.82) is 0 Å². The number of aryl methyl sites for hydroxylation is 1. The molecule has 3 nitrogen and oxygen atoms in total. The maximum Gasteiger partial charge on any atom is 0.0594 e. The highest BCUT2D eigenvalue weighted by Gasteiger charge is 2.13. The van der Waals surface area contributed by atoms with Gasteiger partial charge in [0.1, 0.15) is 0 Å². The van der Waals surface area contributed by atoms with Crippen LogP contribution in [0.25, 0.3) is 0 Å². The minimum atomic E-state index is 0.873. The summed E-state index contributed by atoms with van der Waals surface area (Å²) in [5, 5.41) is 0. The molecule has 0 N–H and O–H groups in total. The highest BCUT2D eigenvalue weighted by atomic mass is 32.2. The van der Waals surface area contributed by atoms with Gasteiger partial charge in [0.25, 0.3) is 0 Å². The molecule has 0 radical (unpaired) electrons. The molecule has 0 bridgehead atoms. The lowest BCUT2D eigenvalue weighted by atomic mass is 10.2. The Bertz CT molecular complexity index is 381. The van der Waals surface area contributed by atoms with Gasteiger partial charge >= 0.3 is 0 Å². The molecular weight excluding hydrogens is 336 g/mol. The third kappa shape index (κ3) is 10.6. The Hall–Kier alpha value is -0.200. The molecule has 0 saturated carbocycles. The van der Waals surface area contributed by atoms with Crippen molar-refractivity contribution >= 4 is 24.6 Å². The van der Waals surface area contributed by atoms with Crippen LogP contribution < -0.4 is 0 Å². The summed E-state index contributed by atoms with van der Waals surface area (Å²) in [5.74, 6) is 0.891. The second-order valence-corrected chi connectivity index (χ2v) is 6.63. The van der Waals surface area contributed by atoms with Crippen LogP contribution in [0.1, 0.15) is 33.3 Å². The summed E-state index contributed by atoms with van der Waals surface area (Å²) in [7, 11) is 0. The van der Waals surface area contributed by atoms with Crippen molar-refractivity contribution in [2.45, 2.75) is 39.5 Å². The lowest BCUT2D eigenvalue weighted by Gasteiger charge is -2.29. The van der Waals surface area contributed by atoms with Crippen LogP contribution in [0.5, 0.6) is 0 Å². The highest BCUT2D eigenvalue weighted by Crippen LogP contribution is 2.22. The molecule has 0 atom stereocenters. The molecule has 0 unspecified atom stereocenters. The molecule has 1 heterocycles. The Morgan fingerprint density at radius 3 is 2.17 bits per heavy atom. The van der Waals surface area contributed by atoms with Gasteiger partial charge in [-0.2, -0.15) is 12.6 Å². The van der Waals surface area contributed by atoms with Gasteiger partial charge in [-0.3, -0.25) is 4.90 Å². The maximum atomic E-state index is 5.39. The maximum absolute atomic E-state index is 5.39. The number of rotatable bonds is 7. The Morgan fingerprint density at radius 2 is 1.62 bits per heavy atom. The van der Waals surface area contributed by atoms with Crippen LogP contribution in [-0.4, -0.2) is 60.9 Å². The van der Waals surface area contributed by atoms with E-state index in [1.807, 2.05) is 39.6 Å². The molecule has 140 valence electrons. The van der Waals surface area contributed by atoms with Gasteiger partial charge in [0.15, 0.2) is 0 Å². The summed E-state index contributed by atoms with van der Waals surface area (Å²) >= 11 is 6.21. The fraction of sp³-hybridized carbons (Fsp3) is 0.684. The van der Waals surface area contributed by atoms with Crippen LogP contribution >= 0.6 is 24.6 Å². The molecule has 1 fully saturated rings. The van der Waals surface area contributed by atoms with E-state index in [1.165, 1.54) is 10.5 Å². The summed E-state index contributed by atoms with van der Waals surface area (Å²) in [6, 6.07) is 8.73. The van der Waals surface area contributed by atoms with Crippen molar-refractivity contribution < 1.29 is 4.74 Å². The number of morpholine rings is 1. The molecule has 24 heavy (non-hydrogen) atoms. The average molecular weight is 373 g/mol. The molecule has 0 spiro atoms. The van der Waals surface area contributed by atoms with Crippen molar-refractivity contribution in [2.75, 3.05) is 51.7 Å². The zero-order valence-electron chi connectivity index (χ0n) is 16.1. The van der Waals surface area contributed by atoms with Gasteiger partial charge in [0.2, 0.25) is 0 Å². The van der Waals surface area contributed by atoms with Gasteiger partial charge in [-0.15, -0.1) is 0 Å². The van der Waals surface area contributed by atoms with E-state index >= 15 is 0 Å². The molecule has 1 aliphatic rings. The van der Waals surface area contributed by atoms with Crippen LogP contribution in [-0.2, 0) is 4.74 Å². The van der Waals surface area contributed by atoms with E-state index in [2.05, 4.69) is 53.0 Å². The minimum absolute atomic E-state index is 0.873. The first-order valence-corrected chi connectivity index (χ1v) is 10.6. The third-order valence-corrected chi connectivity index (χ3v) is 4.68. The summed E-state index contributed by atoms with van der Waals surface area (Å²) < 4.78 is 7.80. The molecule has 1 saturated heterocycles. The lowest BCUT2D eigenvalue weighted by molar-refractivity contribution is 0.0367. The number of ether oxygens (including phenoxy) is 1. The standard InChI is InChI=1S/C15H24N2OS2.2C2H6/c1-14-2-4-15(5-3-14)20-17(10-13-19)7-6-16-8-11-18-12-9-16;2*1-2/h2-5,19H,6-13H2,1H3;2*1-2H3. The van der Waals surface area contributed by atoms with Gasteiger partial charge in [0, 0.05) is 43.4 Å². The minimum Gasteiger partial charge on any atom is -0.379 e. The van der Waals surface area contributed by atoms with Crippen molar-refractivity contribution in [1.82, 2.24) is 9.21 Å². The molecule has 5 heteroatoms. The topological polar surface area (TPSA) is 15.7 Å². The number of hydrogen-bond acceptors (Lipinski definition) is 5. The fourth-order valence-electron chi connectivity index (χ4n) is 2.14. The lowest BCUT2D eigenvalue weighted by Crippen LogP contribution is -2.40. The van der Waals surface area contributed by atoms with Crippen LogP contribution in [0, 0.1) is 6.92 Å². The molecule has 2 rings (SSSR count). The molecule has 1 aliphatic heterocycles. The number of benzene rings is 1. The fourth-order valence-corrected chi connectivity index (χ4v) is 3.43. The smallest absolute Gasteiger partial charge is 0.0594 e. The second kappa shape index (κ2) is 16.3. The molecule has 0 aromatic heterocycles. The van der Waals surface area contributed by atoms with E-state index in [-0.39, 0.29) is 0 Å². The average Bonchev–Trinajstić information content (AvgIpc) is 2.66. The first kappa shape index (κ1) is 23.8. The number of nitrogens with zero attached hydrogens (tertiary/aromatic N) is 2. The molecule has 1 aromatic carbocycles. The van der Waals surface area contributed by atoms with Crippen molar-refractivity contribution in [3.05, 3.63) is 29.8 Å². The first-order valence-electron chi connectivity index (χ1n) is 9.18. The van der Waals surface area contributed by atoms with Crippen LogP contribution in [0.4, 0.5) is 0 Å². The summed E-state index contributed by atoms with van der Waals surface area (Å²) in [4.78, 5) is 3.78. The zero-order chi connectivity index (χ0) is 18.2. The predicted molar refractivity (Wildman–Crippen MR) is 112 cm³/mol. The third-order valence-electron chi connectivity index (χ3n) is 3.37. The van der Waals surface area contributed by atoms with Crippen LogP contribution in [0.2, 0.25) is 0 Å². The summed E-state index contributed by atoms with van der Waals surface area (Å²) in [6.45, 7) is 17.2. The second-order valence-electron chi connectivity index (χ2n) is 5.01. The van der Waals surface area contributed by atoms with Crippen molar-refractivity contribution in [2.24, 2.45) is 0 Å². The quantitative estimate of drug-likeness (QED) is 0.555. The first-order chi connectivity index (χ1) is 11.8. The highest BCUT2D eigenvalue weighted by molar-refractivity contribution is 7.97. The Kier molecular flexibility index (Phi) is 16.1. The van der Waals surface area contributed by atoms with Gasteiger partial charge in [-0.1, -0.05) is 45.4 Å². The molecular formula is C19H36N2OS2. The zero-order valence-corrected chi connectivity index (χ0v) is 17.8. The Morgan fingerprint density at radius 1 is 1.04 bits per heavy atom. The van der Waals surface area contributed by atoms with E-state index in [0.717, 1.165) is 51.7 Å². The number of thiol groups is 1. The Balaban J connectivity index is 0.00000123.